The van der Waals surface area contributed by atoms with Gasteiger partial charge >= 0.3 is 0 Å². The summed E-state index contributed by atoms with van der Waals surface area (Å²) in [6.07, 6.45) is 2.69. The monoisotopic (exact) mass is 412 g/mol. The maximum atomic E-state index is 11.6. The predicted octanol–water partition coefficient (Wildman–Crippen LogP) is 3.23. The molecule has 2 rings (SSSR count). The molecule has 0 amide bonds. The van der Waals surface area contributed by atoms with Gasteiger partial charge in [0.1, 0.15) is 5.75 Å². The largest absolute Gasteiger partial charge is 0.496 e. The lowest BCUT2D eigenvalue weighted by molar-refractivity contribution is 0.407. The molecule has 2 aromatic rings. The number of halogens is 1. The molecule has 1 atom stereocenters. The number of methoxy groups -OCH3 is 1. The molecule has 1 unspecified atom stereocenters. The summed E-state index contributed by atoms with van der Waals surface area (Å²) in [5, 5.41) is 8.76. The lowest BCUT2D eigenvalue weighted by Crippen LogP contribution is -2.28. The molecule has 0 aliphatic rings. The van der Waals surface area contributed by atoms with Crippen LogP contribution in [0.5, 0.6) is 5.75 Å². The average Bonchev–Trinajstić information content (AvgIpc) is 2.60. The van der Waals surface area contributed by atoms with Crippen LogP contribution in [-0.4, -0.2) is 28.1 Å². The molecule has 0 saturated carbocycles. The average molecular weight is 413 g/mol. The van der Waals surface area contributed by atoms with Crippen molar-refractivity contribution in [2.45, 2.75) is 44.0 Å². The Labute approximate surface area is 168 Å². The first-order valence-corrected chi connectivity index (χ1v) is 10.3. The van der Waals surface area contributed by atoms with E-state index >= 15 is 0 Å². The lowest BCUT2D eigenvalue weighted by atomic mass is 10.0. The Morgan fingerprint density at radius 1 is 1.15 bits per heavy atom. The first-order chi connectivity index (χ1) is 12.3. The van der Waals surface area contributed by atoms with E-state index < -0.39 is 10.0 Å². The van der Waals surface area contributed by atoms with Gasteiger partial charge in [-0.05, 0) is 68.5 Å². The van der Waals surface area contributed by atoms with Gasteiger partial charge in [0.05, 0.1) is 12.0 Å². The minimum atomic E-state index is -3.68. The number of sulfonamides is 1. The normalized spacial score (nSPS) is 12.3. The van der Waals surface area contributed by atoms with Gasteiger partial charge in [0.2, 0.25) is 10.0 Å². The Hall–Kier alpha value is -1.60. The summed E-state index contributed by atoms with van der Waals surface area (Å²) in [6.45, 7) is 4.68. The maximum absolute atomic E-state index is 11.6. The van der Waals surface area contributed by atoms with Gasteiger partial charge in [-0.3, -0.25) is 0 Å². The first-order valence-electron chi connectivity index (χ1n) is 8.79. The number of para-hydroxylation sites is 1. The van der Waals surface area contributed by atoms with E-state index in [1.54, 1.807) is 26.2 Å². The second kappa shape index (κ2) is 10.7. The van der Waals surface area contributed by atoms with Gasteiger partial charge < -0.3 is 10.1 Å². The highest BCUT2D eigenvalue weighted by Gasteiger charge is 2.12. The number of ether oxygens (including phenoxy) is 1. The minimum Gasteiger partial charge on any atom is -0.496 e. The number of hydrogen-bond donors (Lipinski definition) is 2. The zero-order valence-electron chi connectivity index (χ0n) is 16.1. The van der Waals surface area contributed by atoms with Crippen LogP contribution in [0, 0.1) is 6.92 Å². The molecule has 150 valence electrons. The van der Waals surface area contributed by atoms with Crippen molar-refractivity contribution in [3.63, 3.8) is 0 Å². The highest BCUT2D eigenvalue weighted by molar-refractivity contribution is 7.89. The summed E-state index contributed by atoms with van der Waals surface area (Å²) in [4.78, 5) is 0.208. The van der Waals surface area contributed by atoms with Gasteiger partial charge in [-0.15, -0.1) is 12.4 Å². The Bertz CT molecular complexity index is 841. The van der Waals surface area contributed by atoms with Gasteiger partial charge in [-0.1, -0.05) is 30.3 Å². The smallest absolute Gasteiger partial charge is 0.238 e. The Morgan fingerprint density at radius 2 is 1.85 bits per heavy atom. The molecule has 5 nitrogen and oxygen atoms in total. The summed E-state index contributed by atoms with van der Waals surface area (Å²) in [6, 6.07) is 13.8. The van der Waals surface area contributed by atoms with Crippen molar-refractivity contribution in [1.29, 1.82) is 0 Å². The fourth-order valence-electron chi connectivity index (χ4n) is 2.95. The molecule has 0 aliphatic carbocycles. The molecule has 0 radical (unpaired) electrons. The third kappa shape index (κ3) is 7.14. The van der Waals surface area contributed by atoms with E-state index in [1.165, 1.54) is 5.56 Å². The van der Waals surface area contributed by atoms with Crippen LogP contribution in [0.2, 0.25) is 0 Å². The van der Waals surface area contributed by atoms with Crippen LogP contribution in [0.1, 0.15) is 30.0 Å². The molecule has 27 heavy (non-hydrogen) atoms. The van der Waals surface area contributed by atoms with Crippen molar-refractivity contribution in [1.82, 2.24) is 5.32 Å². The molecule has 0 aliphatic heterocycles. The molecule has 0 saturated heterocycles. The quantitative estimate of drug-likeness (QED) is 0.662. The van der Waals surface area contributed by atoms with Crippen molar-refractivity contribution in [3.8, 4) is 5.75 Å². The van der Waals surface area contributed by atoms with Crippen LogP contribution < -0.4 is 15.2 Å². The van der Waals surface area contributed by atoms with E-state index in [0.717, 1.165) is 37.1 Å². The third-order valence-corrected chi connectivity index (χ3v) is 5.56. The topological polar surface area (TPSA) is 81.4 Å². The molecule has 3 N–H and O–H groups in total. The lowest BCUT2D eigenvalue weighted by Gasteiger charge is -2.15. The molecular formula is C20H29ClN2O3S. The summed E-state index contributed by atoms with van der Waals surface area (Å²) < 4.78 is 28.6. The summed E-state index contributed by atoms with van der Waals surface area (Å²) in [5.41, 5.74) is 2.85. The van der Waals surface area contributed by atoms with E-state index in [4.69, 9.17) is 9.88 Å². The number of nitrogens with two attached hydrogens (primary N) is 1. The highest BCUT2D eigenvalue weighted by Crippen LogP contribution is 2.19. The van der Waals surface area contributed by atoms with Gasteiger partial charge in [0.15, 0.2) is 0 Å². The van der Waals surface area contributed by atoms with Crippen molar-refractivity contribution in [2.75, 3.05) is 13.7 Å². The minimum absolute atomic E-state index is 0. The molecule has 7 heteroatoms. The molecule has 0 fully saturated rings. The van der Waals surface area contributed by atoms with E-state index in [0.29, 0.717) is 11.6 Å². The molecule has 0 bridgehead atoms. The number of primary sulfonamides is 1. The number of benzene rings is 2. The van der Waals surface area contributed by atoms with Crippen LogP contribution in [0.3, 0.4) is 0 Å². The van der Waals surface area contributed by atoms with E-state index in [2.05, 4.69) is 18.3 Å². The zero-order valence-corrected chi connectivity index (χ0v) is 17.7. The second-order valence-electron chi connectivity index (χ2n) is 6.60. The Kier molecular flexibility index (Phi) is 9.26. The van der Waals surface area contributed by atoms with E-state index in [9.17, 15) is 8.42 Å². The fraction of sp³-hybridized carbons (Fsp3) is 0.400. The second-order valence-corrected chi connectivity index (χ2v) is 8.13. The predicted molar refractivity (Wildman–Crippen MR) is 112 cm³/mol. The molecule has 2 aromatic carbocycles. The Balaban J connectivity index is 0.00000364. The summed E-state index contributed by atoms with van der Waals surface area (Å²) >= 11 is 0. The molecule has 0 aromatic heterocycles. The van der Waals surface area contributed by atoms with Crippen LogP contribution >= 0.6 is 12.4 Å². The van der Waals surface area contributed by atoms with Crippen molar-refractivity contribution in [3.05, 3.63) is 59.2 Å². The molecule has 0 spiro atoms. The van der Waals surface area contributed by atoms with Crippen LogP contribution in [-0.2, 0) is 22.9 Å². The van der Waals surface area contributed by atoms with Crippen molar-refractivity contribution >= 4 is 22.4 Å². The molecule has 0 heterocycles. The fourth-order valence-corrected chi connectivity index (χ4v) is 3.79. The van der Waals surface area contributed by atoms with Gasteiger partial charge in [0.25, 0.3) is 0 Å². The number of aryl methyl sites for hydroxylation is 2. The van der Waals surface area contributed by atoms with Crippen LogP contribution in [0.25, 0.3) is 0 Å². The maximum Gasteiger partial charge on any atom is 0.238 e. The first kappa shape index (κ1) is 23.4. The van der Waals surface area contributed by atoms with E-state index in [-0.39, 0.29) is 17.3 Å². The third-order valence-electron chi connectivity index (χ3n) is 4.50. The SMILES string of the molecule is COc1ccccc1CCC(C)NCCc1ccc(C)c(S(N)(=O)=O)c1.Cl. The number of nitrogens with one attached hydrogen (secondary N) is 1. The van der Waals surface area contributed by atoms with Crippen LogP contribution in [0.15, 0.2) is 47.4 Å². The Morgan fingerprint density at radius 3 is 2.52 bits per heavy atom. The van der Waals surface area contributed by atoms with Crippen molar-refractivity contribution < 1.29 is 13.2 Å². The molecular weight excluding hydrogens is 384 g/mol. The summed E-state index contributed by atoms with van der Waals surface area (Å²) in [5.74, 6) is 0.926. The van der Waals surface area contributed by atoms with Crippen LogP contribution in [0.4, 0.5) is 0 Å². The number of hydrogen-bond acceptors (Lipinski definition) is 4. The van der Waals surface area contributed by atoms with Gasteiger partial charge in [-0.2, -0.15) is 0 Å². The van der Waals surface area contributed by atoms with Gasteiger partial charge in [0, 0.05) is 6.04 Å². The standard InChI is InChI=1S/C20H28N2O3S.ClH/c1-15-8-10-17(14-20(15)26(21,23)24)12-13-22-16(2)9-11-18-6-4-5-7-19(18)25-3;/h4-8,10,14,16,22H,9,11-13H2,1-3H3,(H2,21,23,24);1H. The number of rotatable bonds is 9. The summed E-state index contributed by atoms with van der Waals surface area (Å²) in [7, 11) is -1.98. The highest BCUT2D eigenvalue weighted by atomic mass is 35.5. The zero-order chi connectivity index (χ0) is 19.2. The van der Waals surface area contributed by atoms with Crippen molar-refractivity contribution in [2.24, 2.45) is 5.14 Å². The van der Waals surface area contributed by atoms with Gasteiger partial charge in [-0.25, -0.2) is 13.6 Å². The van der Waals surface area contributed by atoms with E-state index in [1.807, 2.05) is 24.3 Å².